The lowest BCUT2D eigenvalue weighted by atomic mass is 9.70. The molecular weight excluding hydrogens is 268 g/mol. The Kier molecular flexibility index (Phi) is 2.90. The highest BCUT2D eigenvalue weighted by atomic mass is 14.5. The minimum Gasteiger partial charge on any atom is -0.305 e. The van der Waals surface area contributed by atoms with Crippen molar-refractivity contribution in [2.45, 2.75) is 11.8 Å². The topological polar surface area (TPSA) is 47.7 Å². The van der Waals surface area contributed by atoms with Gasteiger partial charge in [0.05, 0.1) is 0 Å². The summed E-state index contributed by atoms with van der Waals surface area (Å²) in [6, 6.07) is 16.4. The lowest BCUT2D eigenvalue weighted by Crippen LogP contribution is -2.28. The Balaban J connectivity index is 1.91. The van der Waals surface area contributed by atoms with E-state index in [1.54, 1.807) is 0 Å². The standard InChI is InChI=1S/C20H16N2/c21-17-11-9-13-5-1-3-7-15(13)19(17)20-16-8-4-2-6-14(16)10-12-18(20)22/h1-12,19-22H/t19-,20+. The fourth-order valence-corrected chi connectivity index (χ4v) is 3.51. The van der Waals surface area contributed by atoms with Gasteiger partial charge in [0.1, 0.15) is 0 Å². The predicted molar refractivity (Wildman–Crippen MR) is 91.9 cm³/mol. The molecule has 0 bridgehead atoms. The molecule has 2 N–H and O–H groups in total. The van der Waals surface area contributed by atoms with Crippen LogP contribution >= 0.6 is 0 Å². The van der Waals surface area contributed by atoms with Gasteiger partial charge in [0.2, 0.25) is 0 Å². The summed E-state index contributed by atoms with van der Waals surface area (Å²) in [6.45, 7) is 0. The van der Waals surface area contributed by atoms with Crippen molar-refractivity contribution >= 4 is 23.6 Å². The third kappa shape index (κ3) is 1.88. The van der Waals surface area contributed by atoms with E-state index >= 15 is 0 Å². The molecule has 0 saturated carbocycles. The first-order valence-corrected chi connectivity index (χ1v) is 7.46. The number of rotatable bonds is 1. The molecule has 0 aliphatic heterocycles. The SMILES string of the molecule is N=C1C=Cc2ccccc2[C@@H]1[C@H]1C(=N)C=Cc2ccccc21. The fraction of sp³-hybridized carbons (Fsp3) is 0.100. The lowest BCUT2D eigenvalue weighted by Gasteiger charge is -2.33. The lowest BCUT2D eigenvalue weighted by molar-refractivity contribution is 0.795. The van der Waals surface area contributed by atoms with Gasteiger partial charge in [-0.2, -0.15) is 0 Å². The largest absolute Gasteiger partial charge is 0.305 e. The van der Waals surface area contributed by atoms with Crippen LogP contribution in [0, 0.1) is 10.8 Å². The van der Waals surface area contributed by atoms with Crippen LogP contribution < -0.4 is 0 Å². The first kappa shape index (κ1) is 13.0. The summed E-state index contributed by atoms with van der Waals surface area (Å²) in [6.07, 6.45) is 7.76. The van der Waals surface area contributed by atoms with Crippen LogP contribution in [0.2, 0.25) is 0 Å². The summed E-state index contributed by atoms with van der Waals surface area (Å²) in [5.74, 6) is -0.167. The molecule has 0 amide bonds. The second kappa shape index (κ2) is 4.92. The van der Waals surface area contributed by atoms with Crippen molar-refractivity contribution in [2.24, 2.45) is 0 Å². The summed E-state index contributed by atoms with van der Waals surface area (Å²) >= 11 is 0. The molecule has 2 aromatic rings. The molecule has 0 spiro atoms. The normalized spacial score (nSPS) is 22.4. The molecule has 0 saturated heterocycles. The number of nitrogens with one attached hydrogen (secondary N) is 2. The van der Waals surface area contributed by atoms with Gasteiger partial charge in [-0.3, -0.25) is 0 Å². The summed E-state index contributed by atoms with van der Waals surface area (Å²) in [5, 5.41) is 16.9. The highest BCUT2D eigenvalue weighted by Gasteiger charge is 2.35. The minimum atomic E-state index is -0.0835. The zero-order chi connectivity index (χ0) is 15.1. The third-order valence-electron chi connectivity index (χ3n) is 4.55. The molecule has 2 nitrogen and oxygen atoms in total. The first-order chi connectivity index (χ1) is 10.8. The Hall–Kier alpha value is -2.74. The molecule has 0 fully saturated rings. The Morgan fingerprint density at radius 3 is 1.41 bits per heavy atom. The van der Waals surface area contributed by atoms with Crippen molar-refractivity contribution < 1.29 is 0 Å². The predicted octanol–water partition coefficient (Wildman–Crippen LogP) is 4.65. The quantitative estimate of drug-likeness (QED) is 0.766. The van der Waals surface area contributed by atoms with E-state index in [1.165, 1.54) is 0 Å². The van der Waals surface area contributed by atoms with E-state index in [-0.39, 0.29) is 11.8 Å². The molecule has 0 unspecified atom stereocenters. The van der Waals surface area contributed by atoms with Crippen LogP contribution in [0.25, 0.3) is 12.2 Å². The molecule has 2 heteroatoms. The van der Waals surface area contributed by atoms with E-state index in [9.17, 15) is 0 Å². The Morgan fingerprint density at radius 2 is 0.955 bits per heavy atom. The number of hydrogen-bond donors (Lipinski definition) is 2. The molecule has 22 heavy (non-hydrogen) atoms. The van der Waals surface area contributed by atoms with Crippen LogP contribution in [0.3, 0.4) is 0 Å². The summed E-state index contributed by atoms with van der Waals surface area (Å²) in [5.41, 5.74) is 5.77. The second-order valence-electron chi connectivity index (χ2n) is 5.79. The molecule has 2 aliphatic rings. The summed E-state index contributed by atoms with van der Waals surface area (Å²) in [7, 11) is 0. The maximum absolute atomic E-state index is 8.44. The van der Waals surface area contributed by atoms with Crippen LogP contribution in [-0.4, -0.2) is 11.4 Å². The van der Waals surface area contributed by atoms with Gasteiger partial charge >= 0.3 is 0 Å². The minimum absolute atomic E-state index is 0.0835. The maximum atomic E-state index is 8.44. The average Bonchev–Trinajstić information content (AvgIpc) is 2.56. The van der Waals surface area contributed by atoms with Crippen LogP contribution in [0.15, 0.2) is 60.7 Å². The Labute approximate surface area is 129 Å². The van der Waals surface area contributed by atoms with Gasteiger partial charge in [-0.05, 0) is 34.4 Å². The number of allylic oxidation sites excluding steroid dienone is 2. The van der Waals surface area contributed by atoms with Crippen LogP contribution in [0.4, 0.5) is 0 Å². The third-order valence-corrected chi connectivity index (χ3v) is 4.55. The monoisotopic (exact) mass is 284 g/mol. The van der Waals surface area contributed by atoms with Gasteiger partial charge in [0.15, 0.2) is 0 Å². The van der Waals surface area contributed by atoms with Gasteiger partial charge in [-0.1, -0.05) is 60.7 Å². The van der Waals surface area contributed by atoms with E-state index in [0.29, 0.717) is 11.4 Å². The molecule has 2 aliphatic carbocycles. The zero-order valence-electron chi connectivity index (χ0n) is 12.1. The Bertz CT molecular complexity index is 771. The summed E-state index contributed by atoms with van der Waals surface area (Å²) < 4.78 is 0. The smallest absolute Gasteiger partial charge is 0.0399 e. The van der Waals surface area contributed by atoms with Crippen molar-refractivity contribution in [1.82, 2.24) is 0 Å². The molecule has 2 atom stereocenters. The van der Waals surface area contributed by atoms with Crippen LogP contribution in [-0.2, 0) is 0 Å². The maximum Gasteiger partial charge on any atom is 0.0399 e. The van der Waals surface area contributed by atoms with E-state index in [1.807, 2.05) is 48.6 Å². The van der Waals surface area contributed by atoms with E-state index in [4.69, 9.17) is 10.8 Å². The number of hydrogen-bond acceptors (Lipinski definition) is 2. The van der Waals surface area contributed by atoms with E-state index in [2.05, 4.69) is 24.3 Å². The molecule has 2 aromatic carbocycles. The Morgan fingerprint density at radius 1 is 0.545 bits per heavy atom. The molecule has 0 radical (unpaired) electrons. The van der Waals surface area contributed by atoms with Crippen molar-refractivity contribution in [3.8, 4) is 0 Å². The van der Waals surface area contributed by atoms with Crippen molar-refractivity contribution in [3.63, 3.8) is 0 Å². The fourth-order valence-electron chi connectivity index (χ4n) is 3.51. The zero-order valence-corrected chi connectivity index (χ0v) is 12.1. The highest BCUT2D eigenvalue weighted by Crippen LogP contribution is 2.42. The van der Waals surface area contributed by atoms with Crippen molar-refractivity contribution in [1.29, 1.82) is 10.8 Å². The number of fused-ring (bicyclic) bond motifs is 2. The van der Waals surface area contributed by atoms with Gasteiger partial charge in [-0.15, -0.1) is 0 Å². The van der Waals surface area contributed by atoms with Gasteiger partial charge < -0.3 is 10.8 Å². The van der Waals surface area contributed by atoms with E-state index < -0.39 is 0 Å². The molecule has 4 rings (SSSR count). The van der Waals surface area contributed by atoms with Gasteiger partial charge in [0, 0.05) is 23.3 Å². The van der Waals surface area contributed by atoms with Gasteiger partial charge in [0.25, 0.3) is 0 Å². The van der Waals surface area contributed by atoms with Gasteiger partial charge in [-0.25, -0.2) is 0 Å². The summed E-state index contributed by atoms with van der Waals surface area (Å²) in [4.78, 5) is 0. The van der Waals surface area contributed by atoms with Crippen molar-refractivity contribution in [2.75, 3.05) is 0 Å². The molecule has 0 aromatic heterocycles. The van der Waals surface area contributed by atoms with E-state index in [0.717, 1.165) is 22.3 Å². The second-order valence-corrected chi connectivity index (χ2v) is 5.79. The first-order valence-electron chi connectivity index (χ1n) is 7.46. The highest BCUT2D eigenvalue weighted by molar-refractivity contribution is 6.12. The van der Waals surface area contributed by atoms with Crippen LogP contribution in [0.1, 0.15) is 34.1 Å². The number of benzene rings is 2. The molecule has 106 valence electrons. The molecule has 0 heterocycles. The average molecular weight is 284 g/mol. The van der Waals surface area contributed by atoms with Crippen LogP contribution in [0.5, 0.6) is 0 Å². The van der Waals surface area contributed by atoms with Crippen molar-refractivity contribution in [3.05, 3.63) is 82.9 Å². The molecular formula is C20H16N2.